The summed E-state index contributed by atoms with van der Waals surface area (Å²) in [6, 6.07) is 11.7. The third-order valence-electron chi connectivity index (χ3n) is 32.3. The van der Waals surface area contributed by atoms with E-state index in [1.165, 1.54) is 27.5 Å². The van der Waals surface area contributed by atoms with Crippen molar-refractivity contribution in [1.82, 2.24) is 44.6 Å². The zero-order chi connectivity index (χ0) is 97.5. The molecule has 6 aliphatic heterocycles. The van der Waals surface area contributed by atoms with Crippen molar-refractivity contribution in [1.29, 1.82) is 0 Å². The molecule has 27 nitrogen and oxygen atoms in total. The molecule has 3 amide bonds. The second-order valence-electron chi connectivity index (χ2n) is 43.8. The fraction of sp³-hybridized carbons (Fsp3) is 0.689. The summed E-state index contributed by atoms with van der Waals surface area (Å²) in [5, 5.41) is 0. The van der Waals surface area contributed by atoms with Gasteiger partial charge in [-0.15, -0.1) is 0 Å². The minimum atomic E-state index is -2.23. The number of carbonyl (C=O) groups is 6. The molecule has 755 valence electrons. The summed E-state index contributed by atoms with van der Waals surface area (Å²) in [5.74, 6) is 0.277. The molecular formula is C106H139F3N9O18V3-3. The van der Waals surface area contributed by atoms with Crippen LogP contribution in [0.4, 0.5) is 13.2 Å². The topological polar surface area (TPSA) is 324 Å². The molecule has 3 aromatic heterocycles. The van der Waals surface area contributed by atoms with Gasteiger partial charge in [-0.25, -0.2) is 61.9 Å². The number of benzene rings is 3. The zero-order valence-electron chi connectivity index (χ0n) is 83.6. The number of esters is 3. The Morgan fingerprint density at radius 3 is 1.14 bits per heavy atom. The minimum Gasteiger partial charge on any atom is -0.540 e. The van der Waals surface area contributed by atoms with Crippen molar-refractivity contribution >= 4 is 87.6 Å². The fourth-order valence-electron chi connectivity index (χ4n) is 23.9. The molecular weight excluding hydrogens is 1900 g/mol. The molecule has 2 unspecified atom stereocenters. The van der Waals surface area contributed by atoms with Crippen LogP contribution in [0, 0.1) is 75.4 Å². The van der Waals surface area contributed by atoms with Crippen LogP contribution < -0.4 is 28.4 Å². The van der Waals surface area contributed by atoms with Crippen molar-refractivity contribution in [2.45, 2.75) is 347 Å². The minimum absolute atomic E-state index is 0. The van der Waals surface area contributed by atoms with Gasteiger partial charge in [0.25, 0.3) is 0 Å². The molecule has 17 rings (SSSR count). The van der Waals surface area contributed by atoms with E-state index in [1.54, 1.807) is 60.3 Å². The number of hydrogen-bond acceptors (Lipinski definition) is 24. The second-order valence-corrected chi connectivity index (χ2v) is 43.8. The maximum absolute atomic E-state index is 17.0. The third-order valence-corrected chi connectivity index (χ3v) is 32.3. The Bertz CT molecular complexity index is 5320. The molecule has 8 fully saturated rings. The molecule has 5 aliphatic carbocycles. The van der Waals surface area contributed by atoms with Gasteiger partial charge in [-0.3, -0.25) is 28.8 Å². The summed E-state index contributed by atoms with van der Waals surface area (Å²) in [6.45, 7) is 23.2. The molecule has 11 aliphatic rings. The van der Waals surface area contributed by atoms with Crippen molar-refractivity contribution in [3.8, 4) is 34.9 Å². The van der Waals surface area contributed by atoms with Crippen LogP contribution in [0.2, 0.25) is 0 Å². The average Bonchev–Trinajstić information content (AvgIpc) is 1.61. The van der Waals surface area contributed by atoms with E-state index in [-0.39, 0.29) is 150 Å². The number of methoxy groups -OCH3 is 3. The number of fused-ring (bicyclic) bond motifs is 21. The molecule has 33 heteroatoms. The zero-order valence-corrected chi connectivity index (χ0v) is 87.8. The van der Waals surface area contributed by atoms with E-state index >= 15 is 13.2 Å². The van der Waals surface area contributed by atoms with E-state index in [9.17, 15) is 43.2 Å². The summed E-state index contributed by atoms with van der Waals surface area (Å²) in [5.41, 5.74) is -3.75. The first-order valence-corrected chi connectivity index (χ1v) is 50.0. The number of rotatable bonds is 9. The van der Waals surface area contributed by atoms with E-state index in [0.29, 0.717) is 122 Å². The summed E-state index contributed by atoms with van der Waals surface area (Å²) in [6.07, 6.45) is 22.0. The molecule has 5 saturated carbocycles. The SMILES string of the molecule is CC[C@]1(F)[C@@H]2CN(C(=O)[C@H](C(C)(C)C)CC(=O)O[C@@H]3CC4CC4[C@H]3CCCCCc3nc4ccc(OC)cc4nc3O2)[C@@H]1[C-]=O.CC[C@]1(F)[C@@H]2CN(C(=O)[C@H](C(C)(C)C)CC(=O)O[C@@H]3[C@H]4CC[C@H](C4)[C@H]3CCCCCc3nc4ccc(OC)cc4nc3O2)[C@@H]1[C-]=O.CC[C@]1(F)[C@@H]2CN(C(=O)[C@H](C(C)(C)C)CC(=O)O[C@]3(C)CCC[C@H]3CCCCCc3nc4ccc(OC)cc4nc3O2)[C@@H]1[C-]=O.[V].[V].[V]. The van der Waals surface area contributed by atoms with Crippen LogP contribution in [0.5, 0.6) is 34.9 Å². The molecule has 3 saturated heterocycles. The van der Waals surface area contributed by atoms with Crippen molar-refractivity contribution in [3.63, 3.8) is 0 Å². The smallest absolute Gasteiger partial charge is 0.307 e. The number of aryl methyl sites for hydroxylation is 3. The van der Waals surface area contributed by atoms with Gasteiger partial charge in [-0.2, -0.15) is 0 Å². The molecule has 0 N–H and O–H groups in total. The van der Waals surface area contributed by atoms with Crippen LogP contribution in [0.25, 0.3) is 33.1 Å². The molecule has 0 spiro atoms. The van der Waals surface area contributed by atoms with E-state index in [1.807, 2.05) is 124 Å². The maximum Gasteiger partial charge on any atom is 0.307 e. The van der Waals surface area contributed by atoms with Crippen LogP contribution in [0.3, 0.4) is 0 Å². The van der Waals surface area contributed by atoms with Gasteiger partial charge in [0.2, 0.25) is 35.4 Å². The summed E-state index contributed by atoms with van der Waals surface area (Å²) in [4.78, 5) is 153. The molecule has 139 heavy (non-hydrogen) atoms. The Balaban J connectivity index is 0.000000185. The van der Waals surface area contributed by atoms with Crippen LogP contribution in [-0.4, -0.2) is 211 Å². The predicted molar refractivity (Wildman–Crippen MR) is 502 cm³/mol. The van der Waals surface area contributed by atoms with Gasteiger partial charge in [0.05, 0.1) is 111 Å². The number of aromatic nitrogens is 6. The Hall–Kier alpha value is -8.15. The largest absolute Gasteiger partial charge is 0.540 e. The van der Waals surface area contributed by atoms with Crippen LogP contribution in [0.15, 0.2) is 54.6 Å². The first-order chi connectivity index (χ1) is 64.7. The van der Waals surface area contributed by atoms with Crippen molar-refractivity contribution < 1.29 is 155 Å². The Labute approximate surface area is 851 Å². The van der Waals surface area contributed by atoms with Crippen LogP contribution in [0.1, 0.15) is 274 Å². The second kappa shape index (κ2) is 45.0. The maximum atomic E-state index is 17.0. The third kappa shape index (κ3) is 23.1. The number of alkyl halides is 3. The molecule has 6 aromatic rings. The van der Waals surface area contributed by atoms with Gasteiger partial charge in [-0.1, -0.05) is 122 Å². The summed E-state index contributed by atoms with van der Waals surface area (Å²) < 4.78 is 105. The van der Waals surface area contributed by atoms with E-state index < -0.39 is 129 Å². The number of amides is 3. The Morgan fingerprint density at radius 2 is 0.763 bits per heavy atom. The van der Waals surface area contributed by atoms with Crippen LogP contribution >= 0.6 is 0 Å². The van der Waals surface area contributed by atoms with Gasteiger partial charge >= 0.3 is 17.9 Å². The molecule has 8 bridgehead atoms. The monoisotopic (exact) mass is 2040 g/mol. The number of halogens is 3. The molecule has 9 heterocycles. The summed E-state index contributed by atoms with van der Waals surface area (Å²) in [7, 11) is 4.71. The standard InChI is InChI=1S/C36H47FN3O6.C35H45FN3O6.C35H47FN3O6.3V/c1-6-36(37)29(20-41)40-19-30(36)45-33-27(38-26-15-14-23(44-5)17-28(26)39-33)11-9-7-8-10-24-21-12-13-22(16-21)32(24)46-31(42)18-25(34(40)43)35(2,3)4;1-6-35(36)29(19-40)39-18-30(35)45-32-26(37-25-13-12-21(43-5)16-27(25)38-32)11-9-7-8-10-22-23-14-20(23)15-28(22)44-31(41)17-24(33(39)42)34(2,3)4;1-7-35(36)28(21-40)39-20-29(35)44-31-26(37-25-16-15-23(43-6)18-27(25)38-31)14-10-8-9-12-22-13-11-17-34(22,5)45-30(41)19-24(32(39)42)33(2,3)4;;;/h14-15,17,21-22,24-25,29-30,32H,6-13,16,18-19H2,1-5H3;12-13,16,20,22-24,28-30H,6-11,14-15,17-18H2,1-5H3;15-16,18,22,24,28-29H,7-14,17,19-20H2,1-6H3;;;/q3*-1;;;/t21-,22+,24-,25-,29-,30+,32-,36-;20?,22-,23?,24-,28-,29-,30+,35-;22-,24-,28-,29+,34-,35-;;;/m111.../s1. The average molecular weight is 2040 g/mol. The molecule has 3 aromatic carbocycles. The van der Waals surface area contributed by atoms with Gasteiger partial charge in [0.1, 0.15) is 69.1 Å². The first-order valence-electron chi connectivity index (χ1n) is 50.0. The van der Waals surface area contributed by atoms with Crippen LogP contribution in [-0.2, 0) is 132 Å². The summed E-state index contributed by atoms with van der Waals surface area (Å²) >= 11 is 0. The molecule has 3 radical (unpaired) electrons. The van der Waals surface area contributed by atoms with Gasteiger partial charge in [-0.05, 0) is 248 Å². The Kier molecular flexibility index (Phi) is 35.5. The van der Waals surface area contributed by atoms with Crippen molar-refractivity contribution in [2.24, 2.45) is 75.4 Å². The molecule has 22 atom stereocenters. The van der Waals surface area contributed by atoms with E-state index in [4.69, 9.17) is 72.5 Å². The van der Waals surface area contributed by atoms with Gasteiger partial charge in [0, 0.05) is 73.9 Å². The number of ether oxygens (including phenoxy) is 9. The number of hydrogen-bond donors (Lipinski definition) is 0. The normalized spacial score (nSPS) is 32.5. The van der Waals surface area contributed by atoms with Gasteiger partial charge in [0.15, 0.2) is 18.3 Å². The van der Waals surface area contributed by atoms with Gasteiger partial charge < -0.3 is 71.7 Å². The predicted octanol–water partition coefficient (Wildman–Crippen LogP) is 17.6. The van der Waals surface area contributed by atoms with Crippen molar-refractivity contribution in [3.05, 3.63) is 71.7 Å². The Morgan fingerprint density at radius 1 is 0.403 bits per heavy atom. The van der Waals surface area contributed by atoms with Crippen molar-refractivity contribution in [2.75, 3.05) is 41.0 Å². The number of nitrogens with zero attached hydrogens (tertiary/aromatic N) is 9. The quantitative estimate of drug-likeness (QED) is 0.0737. The first kappa shape index (κ1) is 110. The fourth-order valence-corrected chi connectivity index (χ4v) is 23.9. The van der Waals surface area contributed by atoms with E-state index in [0.717, 1.165) is 116 Å². The van der Waals surface area contributed by atoms with E-state index in [2.05, 4.69) is 0 Å². The number of carbonyl (C=O) groups excluding carboxylic acids is 9.